The van der Waals surface area contributed by atoms with E-state index in [0.29, 0.717) is 0 Å². The summed E-state index contributed by atoms with van der Waals surface area (Å²) in [6.45, 7) is 6.05. The molecule has 0 fully saturated rings. The summed E-state index contributed by atoms with van der Waals surface area (Å²) in [6.07, 6.45) is 0.810. The smallest absolute Gasteiger partial charge is 0.0914 e. The van der Waals surface area contributed by atoms with E-state index in [1.54, 1.807) is 0 Å². The van der Waals surface area contributed by atoms with Crippen LogP contribution in [0, 0.1) is 13.8 Å². The van der Waals surface area contributed by atoms with Gasteiger partial charge in [0.1, 0.15) is 0 Å². The topological polar surface area (TPSA) is 20.2 Å². The van der Waals surface area contributed by atoms with E-state index >= 15 is 0 Å². The molecule has 0 saturated heterocycles. The Bertz CT molecular complexity index is 320. The molecule has 1 atom stereocenters. The highest BCUT2D eigenvalue weighted by atomic mass is 16.3. The molecule has 1 aromatic rings. The van der Waals surface area contributed by atoms with E-state index < -0.39 is 5.60 Å². The molecular formula is C11H14O. The van der Waals surface area contributed by atoms with Crippen molar-refractivity contribution < 1.29 is 5.11 Å². The molecule has 0 aromatic heterocycles. The van der Waals surface area contributed by atoms with Gasteiger partial charge in [0.25, 0.3) is 0 Å². The fourth-order valence-corrected chi connectivity index (χ4v) is 2.32. The molecule has 0 spiro atoms. The average molecular weight is 162 g/mol. The second kappa shape index (κ2) is 2.11. The maximum absolute atomic E-state index is 9.84. The molecule has 0 heterocycles. The molecule has 2 rings (SSSR count). The number of fused-ring (bicyclic) bond motifs is 1. The number of rotatable bonds is 0. The average Bonchev–Trinajstić information content (AvgIpc) is 1.81. The first-order valence-electron chi connectivity index (χ1n) is 4.34. The van der Waals surface area contributed by atoms with Gasteiger partial charge in [-0.2, -0.15) is 0 Å². The lowest BCUT2D eigenvalue weighted by molar-refractivity contribution is 0.0321. The van der Waals surface area contributed by atoms with Gasteiger partial charge in [0.05, 0.1) is 5.60 Å². The van der Waals surface area contributed by atoms with Crippen LogP contribution < -0.4 is 0 Å². The third kappa shape index (κ3) is 0.896. The quantitative estimate of drug-likeness (QED) is 0.619. The third-order valence-corrected chi connectivity index (χ3v) is 2.63. The molecule has 0 amide bonds. The van der Waals surface area contributed by atoms with Crippen LogP contribution in [0.1, 0.15) is 29.2 Å². The van der Waals surface area contributed by atoms with Gasteiger partial charge in [-0.25, -0.2) is 0 Å². The van der Waals surface area contributed by atoms with Crippen LogP contribution in [0.4, 0.5) is 0 Å². The predicted octanol–water partition coefficient (Wildman–Crippen LogP) is 2.07. The monoisotopic (exact) mass is 162 g/mol. The largest absolute Gasteiger partial charge is 0.385 e. The standard InChI is InChI=1S/C11H14O/c1-7-4-8(2)10-9(5-7)6-11(10,3)12/h4-5,12H,6H2,1-3H3. The molecule has 1 aromatic carbocycles. The number of hydrogen-bond donors (Lipinski definition) is 1. The number of aryl methyl sites for hydroxylation is 2. The molecule has 12 heavy (non-hydrogen) atoms. The van der Waals surface area contributed by atoms with Crippen LogP contribution in [-0.4, -0.2) is 5.11 Å². The Morgan fingerprint density at radius 1 is 1.33 bits per heavy atom. The van der Waals surface area contributed by atoms with Crippen molar-refractivity contribution in [3.8, 4) is 0 Å². The first-order chi connectivity index (χ1) is 5.50. The highest BCUT2D eigenvalue weighted by molar-refractivity contribution is 5.49. The maximum Gasteiger partial charge on any atom is 0.0914 e. The van der Waals surface area contributed by atoms with E-state index in [2.05, 4.69) is 26.0 Å². The minimum absolute atomic E-state index is 0.562. The molecule has 1 heteroatoms. The molecule has 1 N–H and O–H groups in total. The van der Waals surface area contributed by atoms with E-state index in [9.17, 15) is 5.11 Å². The predicted molar refractivity (Wildman–Crippen MR) is 49.2 cm³/mol. The Kier molecular flexibility index (Phi) is 1.37. The highest BCUT2D eigenvalue weighted by Gasteiger charge is 2.37. The Morgan fingerprint density at radius 2 is 2.00 bits per heavy atom. The summed E-state index contributed by atoms with van der Waals surface area (Å²) in [4.78, 5) is 0. The van der Waals surface area contributed by atoms with Crippen LogP contribution in [-0.2, 0) is 12.0 Å². The van der Waals surface area contributed by atoms with E-state index in [4.69, 9.17) is 0 Å². The Labute approximate surface area is 73.0 Å². The molecule has 1 aliphatic carbocycles. The molecule has 1 unspecified atom stereocenters. The molecule has 0 aliphatic heterocycles. The lowest BCUT2D eigenvalue weighted by Crippen LogP contribution is -2.36. The lowest BCUT2D eigenvalue weighted by Gasteiger charge is -2.38. The fourth-order valence-electron chi connectivity index (χ4n) is 2.32. The Balaban J connectivity index is 2.61. The van der Waals surface area contributed by atoms with Crippen LogP contribution in [0.5, 0.6) is 0 Å². The zero-order valence-electron chi connectivity index (χ0n) is 7.81. The van der Waals surface area contributed by atoms with Gasteiger partial charge in [-0.3, -0.25) is 0 Å². The van der Waals surface area contributed by atoms with Crippen molar-refractivity contribution in [3.63, 3.8) is 0 Å². The first-order valence-corrected chi connectivity index (χ1v) is 4.34. The van der Waals surface area contributed by atoms with Crippen molar-refractivity contribution >= 4 is 0 Å². The minimum atomic E-state index is -0.562. The molecule has 0 bridgehead atoms. The molecule has 1 aliphatic rings. The summed E-state index contributed by atoms with van der Waals surface area (Å²) in [6, 6.07) is 4.30. The summed E-state index contributed by atoms with van der Waals surface area (Å²) >= 11 is 0. The minimum Gasteiger partial charge on any atom is -0.385 e. The van der Waals surface area contributed by atoms with Gasteiger partial charge in [-0.1, -0.05) is 17.7 Å². The second-order valence-electron chi connectivity index (χ2n) is 4.07. The van der Waals surface area contributed by atoms with E-state index in [1.165, 1.54) is 16.7 Å². The van der Waals surface area contributed by atoms with Gasteiger partial charge < -0.3 is 5.11 Å². The first kappa shape index (κ1) is 7.81. The van der Waals surface area contributed by atoms with E-state index in [-0.39, 0.29) is 0 Å². The number of benzene rings is 1. The van der Waals surface area contributed by atoms with Crippen molar-refractivity contribution in [2.45, 2.75) is 32.8 Å². The van der Waals surface area contributed by atoms with Crippen molar-refractivity contribution in [2.24, 2.45) is 0 Å². The van der Waals surface area contributed by atoms with Crippen LogP contribution in [0.15, 0.2) is 12.1 Å². The SMILES string of the molecule is Cc1cc(C)c2c(c1)CC2(C)O. The van der Waals surface area contributed by atoms with Crippen LogP contribution in [0.2, 0.25) is 0 Å². The van der Waals surface area contributed by atoms with Crippen LogP contribution >= 0.6 is 0 Å². The Morgan fingerprint density at radius 3 is 2.50 bits per heavy atom. The van der Waals surface area contributed by atoms with Crippen LogP contribution in [0.25, 0.3) is 0 Å². The molecule has 64 valence electrons. The van der Waals surface area contributed by atoms with Crippen LogP contribution in [0.3, 0.4) is 0 Å². The van der Waals surface area contributed by atoms with Gasteiger partial charge in [0, 0.05) is 6.42 Å². The van der Waals surface area contributed by atoms with Gasteiger partial charge in [0.2, 0.25) is 0 Å². The van der Waals surface area contributed by atoms with Gasteiger partial charge in [-0.05, 0) is 37.5 Å². The fraction of sp³-hybridized carbons (Fsp3) is 0.455. The van der Waals surface area contributed by atoms with E-state index in [1.807, 2.05) is 6.92 Å². The summed E-state index contributed by atoms with van der Waals surface area (Å²) in [7, 11) is 0. The second-order valence-corrected chi connectivity index (χ2v) is 4.07. The lowest BCUT2D eigenvalue weighted by atomic mass is 9.72. The maximum atomic E-state index is 9.84. The van der Waals surface area contributed by atoms with Crippen molar-refractivity contribution in [1.29, 1.82) is 0 Å². The summed E-state index contributed by atoms with van der Waals surface area (Å²) in [5.74, 6) is 0. The number of hydrogen-bond acceptors (Lipinski definition) is 1. The number of aliphatic hydroxyl groups is 1. The third-order valence-electron chi connectivity index (χ3n) is 2.63. The zero-order chi connectivity index (χ0) is 8.93. The highest BCUT2D eigenvalue weighted by Crippen LogP contribution is 2.41. The molecular weight excluding hydrogens is 148 g/mol. The normalized spacial score (nSPS) is 26.3. The van der Waals surface area contributed by atoms with Gasteiger partial charge in [0.15, 0.2) is 0 Å². The van der Waals surface area contributed by atoms with Crippen molar-refractivity contribution in [1.82, 2.24) is 0 Å². The van der Waals surface area contributed by atoms with E-state index in [0.717, 1.165) is 12.0 Å². The summed E-state index contributed by atoms with van der Waals surface area (Å²) in [5, 5.41) is 9.84. The summed E-state index contributed by atoms with van der Waals surface area (Å²) in [5.41, 5.74) is 4.42. The zero-order valence-corrected chi connectivity index (χ0v) is 7.81. The van der Waals surface area contributed by atoms with Gasteiger partial charge in [-0.15, -0.1) is 0 Å². The van der Waals surface area contributed by atoms with Crippen molar-refractivity contribution in [2.75, 3.05) is 0 Å². The molecule has 0 radical (unpaired) electrons. The molecule has 0 saturated carbocycles. The summed E-state index contributed by atoms with van der Waals surface area (Å²) < 4.78 is 0. The van der Waals surface area contributed by atoms with Gasteiger partial charge >= 0.3 is 0 Å². The Hall–Kier alpha value is -0.820. The van der Waals surface area contributed by atoms with Crippen molar-refractivity contribution in [3.05, 3.63) is 34.4 Å². The molecule has 1 nitrogen and oxygen atoms in total.